The van der Waals surface area contributed by atoms with Gasteiger partial charge in [0.05, 0.1) is 16.3 Å². The van der Waals surface area contributed by atoms with Crippen LogP contribution in [0.4, 0.5) is 18.9 Å². The molecule has 1 aliphatic heterocycles. The van der Waals surface area contributed by atoms with E-state index in [0.717, 1.165) is 0 Å². The number of hydrogen-bond donors (Lipinski definition) is 1. The van der Waals surface area contributed by atoms with Crippen LogP contribution in [0.3, 0.4) is 0 Å². The Morgan fingerprint density at radius 1 is 1.17 bits per heavy atom. The van der Waals surface area contributed by atoms with E-state index in [2.05, 4.69) is 5.32 Å². The lowest BCUT2D eigenvalue weighted by Gasteiger charge is -2.31. The molecule has 18 heavy (non-hydrogen) atoms. The van der Waals surface area contributed by atoms with Crippen LogP contribution in [0, 0.1) is 0 Å². The van der Waals surface area contributed by atoms with Crippen LogP contribution in [0.5, 0.6) is 0 Å². The van der Waals surface area contributed by atoms with Crippen molar-refractivity contribution in [1.29, 1.82) is 0 Å². The van der Waals surface area contributed by atoms with Crippen molar-refractivity contribution in [2.45, 2.75) is 6.18 Å². The van der Waals surface area contributed by atoms with Gasteiger partial charge < -0.3 is 10.2 Å². The number of nitrogens with one attached hydrogen (secondary N) is 1. The van der Waals surface area contributed by atoms with E-state index in [-0.39, 0.29) is 23.1 Å². The fourth-order valence-electron chi connectivity index (χ4n) is 1.96. The Bertz CT molecular complexity index is 404. The molecular formula is C11H13Cl2F3N2. The minimum absolute atomic E-state index is 0. The molecule has 1 aromatic rings. The Balaban J connectivity index is 0.00000162. The van der Waals surface area contributed by atoms with Crippen LogP contribution in [0.1, 0.15) is 5.56 Å². The lowest BCUT2D eigenvalue weighted by Crippen LogP contribution is -2.44. The van der Waals surface area contributed by atoms with Crippen molar-refractivity contribution >= 4 is 29.7 Å². The molecule has 0 bridgehead atoms. The highest BCUT2D eigenvalue weighted by atomic mass is 35.5. The zero-order chi connectivity index (χ0) is 12.5. The molecule has 0 unspecified atom stereocenters. The van der Waals surface area contributed by atoms with Crippen molar-refractivity contribution in [2.24, 2.45) is 0 Å². The molecule has 0 radical (unpaired) electrons. The number of nitrogens with zero attached hydrogens (tertiary/aromatic N) is 1. The highest BCUT2D eigenvalue weighted by Crippen LogP contribution is 2.41. The molecule has 0 saturated carbocycles. The van der Waals surface area contributed by atoms with Crippen LogP contribution in [-0.4, -0.2) is 26.2 Å². The molecule has 1 aliphatic rings. The summed E-state index contributed by atoms with van der Waals surface area (Å²) in [6.07, 6.45) is -4.42. The zero-order valence-electron chi connectivity index (χ0n) is 9.43. The average molecular weight is 301 g/mol. The van der Waals surface area contributed by atoms with E-state index < -0.39 is 11.7 Å². The SMILES string of the molecule is Cl.FC(F)(F)c1c(Cl)cccc1N1CCNCC1. The number of anilines is 1. The first-order chi connectivity index (χ1) is 8.00. The van der Waals surface area contributed by atoms with E-state index in [1.54, 1.807) is 11.0 Å². The standard InChI is InChI=1S/C11H12ClF3N2.ClH/c12-8-2-1-3-9(10(8)11(13,14)15)17-6-4-16-5-7-17;/h1-3,16H,4-7H2;1H. The van der Waals surface area contributed by atoms with Gasteiger partial charge in [-0.15, -0.1) is 12.4 Å². The first kappa shape index (κ1) is 15.4. The van der Waals surface area contributed by atoms with Crippen molar-refractivity contribution in [1.82, 2.24) is 5.32 Å². The molecule has 102 valence electrons. The molecule has 1 saturated heterocycles. The van der Waals surface area contributed by atoms with E-state index in [1.165, 1.54) is 12.1 Å². The smallest absolute Gasteiger partial charge is 0.368 e. The molecule has 1 aromatic carbocycles. The van der Waals surface area contributed by atoms with Gasteiger partial charge in [-0.1, -0.05) is 17.7 Å². The Labute approximate surface area is 115 Å². The average Bonchev–Trinajstić information content (AvgIpc) is 2.28. The van der Waals surface area contributed by atoms with Gasteiger partial charge in [-0.25, -0.2) is 0 Å². The molecule has 2 rings (SSSR count). The fraction of sp³-hybridized carbons (Fsp3) is 0.455. The topological polar surface area (TPSA) is 15.3 Å². The monoisotopic (exact) mass is 300 g/mol. The second-order valence-electron chi connectivity index (χ2n) is 3.87. The summed E-state index contributed by atoms with van der Waals surface area (Å²) in [6.45, 7) is 2.49. The third-order valence-corrected chi connectivity index (χ3v) is 3.05. The summed E-state index contributed by atoms with van der Waals surface area (Å²) in [6, 6.07) is 4.30. The van der Waals surface area contributed by atoms with Gasteiger partial charge in [0.2, 0.25) is 0 Å². The van der Waals surface area contributed by atoms with Gasteiger partial charge in [0.1, 0.15) is 0 Å². The third-order valence-electron chi connectivity index (χ3n) is 2.73. The van der Waals surface area contributed by atoms with Crippen molar-refractivity contribution < 1.29 is 13.2 Å². The number of halogens is 5. The number of rotatable bonds is 1. The fourth-order valence-corrected chi connectivity index (χ4v) is 2.24. The number of alkyl halides is 3. The predicted molar refractivity (Wildman–Crippen MR) is 68.8 cm³/mol. The Morgan fingerprint density at radius 3 is 2.33 bits per heavy atom. The summed E-state index contributed by atoms with van der Waals surface area (Å²) < 4.78 is 38.8. The highest BCUT2D eigenvalue weighted by molar-refractivity contribution is 6.31. The molecule has 0 spiro atoms. The summed E-state index contributed by atoms with van der Waals surface area (Å²) in [5.41, 5.74) is -0.560. The van der Waals surface area contributed by atoms with E-state index in [4.69, 9.17) is 11.6 Å². The zero-order valence-corrected chi connectivity index (χ0v) is 11.0. The minimum atomic E-state index is -4.42. The minimum Gasteiger partial charge on any atom is -0.368 e. The second-order valence-corrected chi connectivity index (χ2v) is 4.28. The molecule has 7 heteroatoms. The summed E-state index contributed by atoms with van der Waals surface area (Å²) in [5.74, 6) is 0. The molecule has 0 atom stereocenters. The van der Waals surface area contributed by atoms with Gasteiger partial charge in [-0.3, -0.25) is 0 Å². The van der Waals surface area contributed by atoms with Crippen LogP contribution in [-0.2, 0) is 6.18 Å². The number of benzene rings is 1. The van der Waals surface area contributed by atoms with E-state index in [0.29, 0.717) is 26.2 Å². The maximum absolute atomic E-state index is 12.9. The van der Waals surface area contributed by atoms with Gasteiger partial charge in [0.15, 0.2) is 0 Å². The molecule has 0 aliphatic carbocycles. The highest BCUT2D eigenvalue weighted by Gasteiger charge is 2.37. The van der Waals surface area contributed by atoms with Gasteiger partial charge in [0, 0.05) is 26.2 Å². The largest absolute Gasteiger partial charge is 0.419 e. The summed E-state index contributed by atoms with van der Waals surface area (Å²) in [5, 5.41) is 2.86. The van der Waals surface area contributed by atoms with E-state index in [9.17, 15) is 13.2 Å². The molecular weight excluding hydrogens is 288 g/mol. The van der Waals surface area contributed by atoms with Crippen LogP contribution in [0.15, 0.2) is 18.2 Å². The Kier molecular flexibility index (Phi) is 5.13. The summed E-state index contributed by atoms with van der Waals surface area (Å²) in [4.78, 5) is 1.71. The normalized spacial score (nSPS) is 16.3. The van der Waals surface area contributed by atoms with Crippen LogP contribution in [0.25, 0.3) is 0 Å². The quantitative estimate of drug-likeness (QED) is 0.857. The summed E-state index contributed by atoms with van der Waals surface area (Å²) in [7, 11) is 0. The number of piperazine rings is 1. The first-order valence-corrected chi connectivity index (χ1v) is 5.69. The van der Waals surface area contributed by atoms with Gasteiger partial charge in [-0.2, -0.15) is 13.2 Å². The van der Waals surface area contributed by atoms with E-state index >= 15 is 0 Å². The Hall–Kier alpha value is -0.650. The summed E-state index contributed by atoms with van der Waals surface area (Å²) >= 11 is 5.67. The molecule has 1 fully saturated rings. The molecule has 0 amide bonds. The molecule has 2 nitrogen and oxygen atoms in total. The van der Waals surface area contributed by atoms with Gasteiger partial charge in [0.25, 0.3) is 0 Å². The van der Waals surface area contributed by atoms with Crippen molar-refractivity contribution in [3.63, 3.8) is 0 Å². The first-order valence-electron chi connectivity index (χ1n) is 5.31. The Morgan fingerprint density at radius 2 is 1.78 bits per heavy atom. The van der Waals surface area contributed by atoms with Crippen molar-refractivity contribution in [3.8, 4) is 0 Å². The van der Waals surface area contributed by atoms with Gasteiger partial charge in [-0.05, 0) is 12.1 Å². The van der Waals surface area contributed by atoms with Crippen LogP contribution in [0.2, 0.25) is 5.02 Å². The van der Waals surface area contributed by atoms with E-state index in [1.807, 2.05) is 0 Å². The lowest BCUT2D eigenvalue weighted by molar-refractivity contribution is -0.137. The van der Waals surface area contributed by atoms with Crippen molar-refractivity contribution in [3.05, 3.63) is 28.8 Å². The second kappa shape index (κ2) is 5.99. The maximum atomic E-state index is 12.9. The van der Waals surface area contributed by atoms with Crippen LogP contribution < -0.4 is 10.2 Å². The van der Waals surface area contributed by atoms with Crippen LogP contribution >= 0.6 is 24.0 Å². The molecule has 1 N–H and O–H groups in total. The van der Waals surface area contributed by atoms with Crippen molar-refractivity contribution in [2.75, 3.05) is 31.1 Å². The lowest BCUT2D eigenvalue weighted by atomic mass is 10.1. The molecule has 1 heterocycles. The maximum Gasteiger partial charge on any atom is 0.419 e. The molecule has 0 aromatic heterocycles. The third kappa shape index (κ3) is 3.22. The predicted octanol–water partition coefficient (Wildman–Crippen LogP) is 3.19. The number of hydrogen-bond acceptors (Lipinski definition) is 2. The van der Waals surface area contributed by atoms with Gasteiger partial charge >= 0.3 is 6.18 Å².